The predicted molar refractivity (Wildman–Crippen MR) is 91.4 cm³/mol. The van der Waals surface area contributed by atoms with Crippen molar-refractivity contribution >= 4 is 34.2 Å². The summed E-state index contributed by atoms with van der Waals surface area (Å²) in [5.41, 5.74) is 6.04. The van der Waals surface area contributed by atoms with Crippen LogP contribution >= 0.6 is 0 Å². The van der Waals surface area contributed by atoms with E-state index in [1.54, 1.807) is 18.3 Å². The fraction of sp³-hybridized carbons (Fsp3) is 0.0588. The van der Waals surface area contributed by atoms with Gasteiger partial charge in [0.15, 0.2) is 5.65 Å². The Morgan fingerprint density at radius 3 is 2.71 bits per heavy atom. The Hall–Kier alpha value is -3.35. The molecule has 24 heavy (non-hydrogen) atoms. The average molecular weight is 320 g/mol. The van der Waals surface area contributed by atoms with Crippen molar-refractivity contribution in [2.45, 2.75) is 0 Å². The van der Waals surface area contributed by atoms with Gasteiger partial charge in [-0.2, -0.15) is 10.1 Å². The quantitative estimate of drug-likeness (QED) is 0.465. The van der Waals surface area contributed by atoms with E-state index in [2.05, 4.69) is 25.7 Å². The van der Waals surface area contributed by atoms with Crippen LogP contribution in [0.5, 0.6) is 0 Å². The average Bonchev–Trinajstić information content (AvgIpc) is 2.90. The molecule has 0 saturated carbocycles. The second-order valence-electron chi connectivity index (χ2n) is 5.31. The number of aryl methyl sites for hydroxylation is 1. The highest BCUT2D eigenvalue weighted by Gasteiger charge is 2.11. The van der Waals surface area contributed by atoms with Gasteiger partial charge in [-0.3, -0.25) is 0 Å². The molecule has 1 N–H and O–H groups in total. The number of aromatic nitrogens is 4. The number of rotatable bonds is 3. The highest BCUT2D eigenvalue weighted by Crippen LogP contribution is 2.24. The summed E-state index contributed by atoms with van der Waals surface area (Å²) in [5.74, 6) is 0.0145. The predicted octanol–water partition coefficient (Wildman–Crippen LogP) is 3.10. The molecule has 0 saturated heterocycles. The van der Waals surface area contributed by atoms with Crippen molar-refractivity contribution in [3.05, 3.63) is 59.9 Å². The third kappa shape index (κ3) is 2.45. The van der Waals surface area contributed by atoms with Gasteiger partial charge in [0.1, 0.15) is 11.3 Å². The summed E-state index contributed by atoms with van der Waals surface area (Å²) in [6, 6.07) is 14.0. The van der Waals surface area contributed by atoms with Crippen LogP contribution in [0, 0.1) is 5.82 Å². The van der Waals surface area contributed by atoms with Crippen molar-refractivity contribution in [3.63, 3.8) is 0 Å². The molecular weight excluding hydrogens is 307 g/mol. The van der Waals surface area contributed by atoms with Gasteiger partial charge < -0.3 is 4.57 Å². The lowest BCUT2D eigenvalue weighted by Gasteiger charge is -1.99. The largest absolute Gasteiger partial charge is 0.327 e. The molecule has 6 nitrogen and oxygen atoms in total. The van der Waals surface area contributed by atoms with Crippen molar-refractivity contribution in [2.24, 2.45) is 12.1 Å². The monoisotopic (exact) mass is 320 g/mol. The first-order valence-corrected chi connectivity index (χ1v) is 7.35. The van der Waals surface area contributed by atoms with Gasteiger partial charge in [-0.25, -0.2) is 9.82 Å². The normalized spacial score (nSPS) is 11.6. The van der Waals surface area contributed by atoms with Crippen LogP contribution in [0.2, 0.25) is 0 Å². The third-order valence-corrected chi connectivity index (χ3v) is 3.75. The molecular formula is C17H13FN6. The molecule has 4 aromatic rings. The summed E-state index contributed by atoms with van der Waals surface area (Å²) in [7, 11) is 1.94. The van der Waals surface area contributed by atoms with Gasteiger partial charge in [-0.1, -0.05) is 30.3 Å². The number of benzene rings is 2. The molecule has 0 fully saturated rings. The van der Waals surface area contributed by atoms with Crippen molar-refractivity contribution < 1.29 is 4.39 Å². The number of hydrogen-bond acceptors (Lipinski definition) is 5. The molecule has 2 heterocycles. The molecule has 0 spiro atoms. The molecule has 0 bridgehead atoms. The van der Waals surface area contributed by atoms with Crippen LogP contribution in [-0.2, 0) is 7.05 Å². The molecule has 4 rings (SSSR count). The Kier molecular flexibility index (Phi) is 3.38. The molecule has 2 aromatic carbocycles. The standard InChI is InChI=1S/C17H13FN6/c1-24-14-5-3-2-4-13(14)15-16(24)20-17(23-21-15)22-19-10-11-6-8-12(18)9-7-11/h2-10H,1H3,(H,20,22,23)/b19-10-. The number of para-hydroxylation sites is 1. The van der Waals surface area contributed by atoms with E-state index >= 15 is 0 Å². The van der Waals surface area contributed by atoms with Crippen LogP contribution in [-0.4, -0.2) is 26.0 Å². The SMILES string of the molecule is Cn1c2ccccc2c2nnc(N/N=C\c3ccc(F)cc3)nc21. The minimum absolute atomic E-state index is 0.283. The van der Waals surface area contributed by atoms with Gasteiger partial charge >= 0.3 is 0 Å². The zero-order valence-corrected chi connectivity index (χ0v) is 12.8. The van der Waals surface area contributed by atoms with E-state index in [4.69, 9.17) is 0 Å². The number of anilines is 1. The minimum atomic E-state index is -0.283. The van der Waals surface area contributed by atoms with Crippen molar-refractivity contribution in [3.8, 4) is 0 Å². The summed E-state index contributed by atoms with van der Waals surface area (Å²) in [4.78, 5) is 4.46. The lowest BCUT2D eigenvalue weighted by Crippen LogP contribution is -2.00. The van der Waals surface area contributed by atoms with Crippen LogP contribution in [0.1, 0.15) is 5.56 Å². The van der Waals surface area contributed by atoms with Crippen LogP contribution in [0.15, 0.2) is 53.6 Å². The van der Waals surface area contributed by atoms with Gasteiger partial charge in [0.2, 0.25) is 0 Å². The number of halogens is 1. The van der Waals surface area contributed by atoms with Crippen molar-refractivity contribution in [2.75, 3.05) is 5.43 Å². The lowest BCUT2D eigenvalue weighted by atomic mass is 10.2. The number of hydrazone groups is 1. The van der Waals surface area contributed by atoms with Gasteiger partial charge in [-0.15, -0.1) is 10.2 Å². The van der Waals surface area contributed by atoms with Gasteiger partial charge in [0, 0.05) is 12.4 Å². The van der Waals surface area contributed by atoms with Crippen LogP contribution in [0.25, 0.3) is 22.1 Å². The molecule has 0 unspecified atom stereocenters. The topological polar surface area (TPSA) is 68.0 Å². The number of hydrogen-bond donors (Lipinski definition) is 1. The van der Waals surface area contributed by atoms with E-state index in [1.807, 2.05) is 35.9 Å². The zero-order chi connectivity index (χ0) is 16.5. The van der Waals surface area contributed by atoms with Crippen LogP contribution < -0.4 is 5.43 Å². The highest BCUT2D eigenvalue weighted by molar-refractivity contribution is 6.04. The van der Waals surface area contributed by atoms with E-state index in [9.17, 15) is 4.39 Å². The molecule has 0 amide bonds. The van der Waals surface area contributed by atoms with Crippen LogP contribution in [0.3, 0.4) is 0 Å². The Labute approximate surface area is 136 Å². The second kappa shape index (κ2) is 5.69. The molecule has 2 aromatic heterocycles. The highest BCUT2D eigenvalue weighted by atomic mass is 19.1. The maximum absolute atomic E-state index is 12.9. The van der Waals surface area contributed by atoms with E-state index < -0.39 is 0 Å². The first-order valence-electron chi connectivity index (χ1n) is 7.35. The van der Waals surface area contributed by atoms with Gasteiger partial charge in [0.25, 0.3) is 5.95 Å². The fourth-order valence-electron chi connectivity index (χ4n) is 2.57. The number of nitrogens with one attached hydrogen (secondary N) is 1. The fourth-order valence-corrected chi connectivity index (χ4v) is 2.57. The smallest absolute Gasteiger partial charge is 0.265 e. The van der Waals surface area contributed by atoms with E-state index in [1.165, 1.54) is 12.1 Å². The molecule has 0 aliphatic heterocycles. The molecule has 0 atom stereocenters. The van der Waals surface area contributed by atoms with E-state index in [0.717, 1.165) is 27.6 Å². The number of nitrogens with zero attached hydrogens (tertiary/aromatic N) is 5. The third-order valence-electron chi connectivity index (χ3n) is 3.75. The van der Waals surface area contributed by atoms with Gasteiger partial charge in [-0.05, 0) is 23.8 Å². The maximum atomic E-state index is 12.9. The minimum Gasteiger partial charge on any atom is -0.327 e. The van der Waals surface area contributed by atoms with E-state index in [0.29, 0.717) is 5.95 Å². The maximum Gasteiger partial charge on any atom is 0.265 e. The van der Waals surface area contributed by atoms with E-state index in [-0.39, 0.29) is 5.82 Å². The molecule has 0 radical (unpaired) electrons. The molecule has 0 aliphatic rings. The first kappa shape index (κ1) is 14.3. The summed E-state index contributed by atoms with van der Waals surface area (Å²) in [6.07, 6.45) is 1.56. The number of fused-ring (bicyclic) bond motifs is 3. The molecule has 118 valence electrons. The Morgan fingerprint density at radius 1 is 1.08 bits per heavy atom. The lowest BCUT2D eigenvalue weighted by molar-refractivity contribution is 0.628. The summed E-state index contributed by atoms with van der Waals surface area (Å²) < 4.78 is 14.8. The second-order valence-corrected chi connectivity index (χ2v) is 5.31. The Balaban J connectivity index is 1.64. The zero-order valence-electron chi connectivity index (χ0n) is 12.8. The first-order chi connectivity index (χ1) is 11.7. The summed E-state index contributed by atoms with van der Waals surface area (Å²) in [6.45, 7) is 0. The Bertz CT molecular complexity index is 1050. The van der Waals surface area contributed by atoms with Gasteiger partial charge in [0.05, 0.1) is 11.7 Å². The molecule has 0 aliphatic carbocycles. The summed E-state index contributed by atoms with van der Waals surface area (Å²) in [5, 5.41) is 13.4. The Morgan fingerprint density at radius 2 is 1.88 bits per heavy atom. The van der Waals surface area contributed by atoms with Crippen molar-refractivity contribution in [1.82, 2.24) is 19.7 Å². The molecule has 7 heteroatoms. The summed E-state index contributed by atoms with van der Waals surface area (Å²) >= 11 is 0. The van der Waals surface area contributed by atoms with Crippen LogP contribution in [0.4, 0.5) is 10.3 Å². The van der Waals surface area contributed by atoms with Crippen molar-refractivity contribution in [1.29, 1.82) is 0 Å².